The Bertz CT molecular complexity index is 220. The molecule has 0 bridgehead atoms. The van der Waals surface area contributed by atoms with E-state index < -0.39 is 0 Å². The molecule has 2 nitrogen and oxygen atoms in total. The molecule has 0 aromatic rings. The predicted molar refractivity (Wildman–Crippen MR) is 74.1 cm³/mol. The number of rotatable bonds is 6. The molecule has 0 rings (SSSR count). The Balaban J connectivity index is 3.73. The van der Waals surface area contributed by atoms with Gasteiger partial charge in [-0.15, -0.1) is 0 Å². The Morgan fingerprint density at radius 3 is 2.06 bits per heavy atom. The van der Waals surface area contributed by atoms with Gasteiger partial charge >= 0.3 is 0 Å². The Kier molecular flexibility index (Phi) is 8.94. The maximum Gasteiger partial charge on any atom is 0.0618 e. The van der Waals surface area contributed by atoms with Crippen molar-refractivity contribution >= 4 is 8.15 Å². The van der Waals surface area contributed by atoms with Crippen LogP contribution in [0.5, 0.6) is 0 Å². The van der Waals surface area contributed by atoms with Crippen molar-refractivity contribution in [2.75, 3.05) is 27.2 Å². The van der Waals surface area contributed by atoms with Gasteiger partial charge in [0.2, 0.25) is 0 Å². The molecular formula is C13H26NOP. The van der Waals surface area contributed by atoms with E-state index in [0.717, 1.165) is 19.6 Å². The molecule has 0 aliphatic carbocycles. The van der Waals surface area contributed by atoms with Gasteiger partial charge in [-0.25, -0.2) is 0 Å². The monoisotopic (exact) mass is 243 g/mol. The van der Waals surface area contributed by atoms with Crippen LogP contribution in [-0.2, 0) is 4.52 Å². The van der Waals surface area contributed by atoms with Crippen molar-refractivity contribution in [3.8, 4) is 11.8 Å². The summed E-state index contributed by atoms with van der Waals surface area (Å²) in [6.45, 7) is 10.6. The highest BCUT2D eigenvalue weighted by molar-refractivity contribution is 7.54. The van der Waals surface area contributed by atoms with Crippen molar-refractivity contribution in [3.63, 3.8) is 0 Å². The van der Waals surface area contributed by atoms with E-state index in [1.165, 1.54) is 0 Å². The largest absolute Gasteiger partial charge is 0.358 e. The Morgan fingerprint density at radius 1 is 1.06 bits per heavy atom. The molecule has 94 valence electrons. The first-order valence-corrected chi connectivity index (χ1v) is 7.36. The summed E-state index contributed by atoms with van der Waals surface area (Å²) >= 11 is 0. The summed E-state index contributed by atoms with van der Waals surface area (Å²) in [4.78, 5) is 2.07. The van der Waals surface area contributed by atoms with Gasteiger partial charge in [0, 0.05) is 14.6 Å². The molecule has 16 heavy (non-hydrogen) atoms. The zero-order valence-electron chi connectivity index (χ0n) is 11.6. The number of nitrogens with zero attached hydrogens (tertiary/aromatic N) is 1. The standard InChI is InChI=1S/C13H26NOP/c1-12(2)16(13(3)4)15-11-9-7-8-10-14(5)6/h12-13H,9-11H2,1-6H3. The van der Waals surface area contributed by atoms with Crippen LogP contribution >= 0.6 is 8.15 Å². The van der Waals surface area contributed by atoms with Gasteiger partial charge in [-0.1, -0.05) is 39.5 Å². The quantitative estimate of drug-likeness (QED) is 0.403. The molecule has 0 aliphatic rings. The fraction of sp³-hybridized carbons (Fsp3) is 0.846. The van der Waals surface area contributed by atoms with E-state index in [-0.39, 0.29) is 8.15 Å². The normalized spacial score (nSPS) is 11.4. The summed E-state index contributed by atoms with van der Waals surface area (Å²) < 4.78 is 5.92. The van der Waals surface area contributed by atoms with Crippen LogP contribution in [0.25, 0.3) is 0 Å². The SMILES string of the molecule is CC(C)P(OCCC#CCN(C)C)C(C)C. The third-order valence-corrected chi connectivity index (χ3v) is 4.52. The fourth-order valence-corrected chi connectivity index (χ4v) is 3.49. The Labute approximate surface area is 103 Å². The summed E-state index contributed by atoms with van der Waals surface area (Å²) in [6.07, 6.45) is 0.853. The molecule has 0 aromatic carbocycles. The van der Waals surface area contributed by atoms with Crippen LogP contribution in [-0.4, -0.2) is 43.5 Å². The average Bonchev–Trinajstić information content (AvgIpc) is 2.14. The second-order valence-corrected chi connectivity index (χ2v) is 7.77. The van der Waals surface area contributed by atoms with Crippen LogP contribution in [0.15, 0.2) is 0 Å². The topological polar surface area (TPSA) is 12.5 Å². The zero-order chi connectivity index (χ0) is 12.6. The minimum absolute atomic E-state index is 0.290. The lowest BCUT2D eigenvalue weighted by Crippen LogP contribution is -2.10. The van der Waals surface area contributed by atoms with E-state index in [2.05, 4.69) is 44.4 Å². The highest BCUT2D eigenvalue weighted by Gasteiger charge is 2.17. The van der Waals surface area contributed by atoms with Crippen molar-refractivity contribution in [3.05, 3.63) is 0 Å². The van der Waals surface area contributed by atoms with Crippen LogP contribution in [0.4, 0.5) is 0 Å². The first kappa shape index (κ1) is 15.9. The molecule has 0 N–H and O–H groups in total. The molecule has 3 heteroatoms. The summed E-state index contributed by atoms with van der Waals surface area (Å²) in [5, 5.41) is 0. The smallest absolute Gasteiger partial charge is 0.0618 e. The van der Waals surface area contributed by atoms with Gasteiger partial charge in [0.05, 0.1) is 13.2 Å². The Morgan fingerprint density at radius 2 is 1.62 bits per heavy atom. The summed E-state index contributed by atoms with van der Waals surface area (Å²) in [6, 6.07) is 0. The minimum Gasteiger partial charge on any atom is -0.358 e. The first-order chi connectivity index (χ1) is 7.45. The first-order valence-electron chi connectivity index (χ1n) is 5.96. The molecule has 0 amide bonds. The highest BCUT2D eigenvalue weighted by atomic mass is 31.1. The van der Waals surface area contributed by atoms with E-state index in [4.69, 9.17) is 4.52 Å². The molecule has 0 heterocycles. The van der Waals surface area contributed by atoms with E-state index in [9.17, 15) is 0 Å². The van der Waals surface area contributed by atoms with Crippen molar-refractivity contribution in [2.24, 2.45) is 0 Å². The second-order valence-electron chi connectivity index (χ2n) is 4.72. The number of hydrogen-bond acceptors (Lipinski definition) is 2. The van der Waals surface area contributed by atoms with Crippen LogP contribution in [0.2, 0.25) is 0 Å². The molecule has 0 aromatic heterocycles. The maximum atomic E-state index is 5.92. The third-order valence-electron chi connectivity index (χ3n) is 2.01. The van der Waals surface area contributed by atoms with Gasteiger partial charge in [-0.3, -0.25) is 4.90 Å². The van der Waals surface area contributed by atoms with Gasteiger partial charge in [-0.05, 0) is 25.4 Å². The van der Waals surface area contributed by atoms with E-state index in [0.29, 0.717) is 11.3 Å². The second kappa shape index (κ2) is 8.99. The molecule has 0 unspecified atom stereocenters. The zero-order valence-corrected chi connectivity index (χ0v) is 12.5. The van der Waals surface area contributed by atoms with Crippen molar-refractivity contribution in [2.45, 2.75) is 45.4 Å². The van der Waals surface area contributed by atoms with Crippen molar-refractivity contribution in [1.82, 2.24) is 4.90 Å². The fourth-order valence-electron chi connectivity index (χ4n) is 1.40. The van der Waals surface area contributed by atoms with E-state index in [1.54, 1.807) is 0 Å². The van der Waals surface area contributed by atoms with Crippen molar-refractivity contribution in [1.29, 1.82) is 0 Å². The summed E-state index contributed by atoms with van der Waals surface area (Å²) in [5.41, 5.74) is 1.29. The van der Waals surface area contributed by atoms with Gasteiger partial charge in [0.15, 0.2) is 0 Å². The van der Waals surface area contributed by atoms with Gasteiger partial charge in [0.25, 0.3) is 0 Å². The lowest BCUT2D eigenvalue weighted by atomic mass is 10.4. The Hall–Kier alpha value is -0.0900. The molecule has 0 fully saturated rings. The molecule has 0 saturated carbocycles. The summed E-state index contributed by atoms with van der Waals surface area (Å²) in [7, 11) is 3.77. The van der Waals surface area contributed by atoms with Crippen LogP contribution in [0.1, 0.15) is 34.1 Å². The third kappa shape index (κ3) is 8.11. The molecule has 0 spiro atoms. The predicted octanol–water partition coefficient (Wildman–Crippen LogP) is 3.17. The molecule has 0 aliphatic heterocycles. The number of hydrogen-bond donors (Lipinski definition) is 0. The van der Waals surface area contributed by atoms with E-state index >= 15 is 0 Å². The highest BCUT2D eigenvalue weighted by Crippen LogP contribution is 2.46. The van der Waals surface area contributed by atoms with E-state index in [1.807, 2.05) is 14.1 Å². The maximum absolute atomic E-state index is 5.92. The molecular weight excluding hydrogens is 217 g/mol. The van der Waals surface area contributed by atoms with Gasteiger partial charge < -0.3 is 4.52 Å². The van der Waals surface area contributed by atoms with Crippen LogP contribution in [0, 0.1) is 11.8 Å². The average molecular weight is 243 g/mol. The van der Waals surface area contributed by atoms with Crippen molar-refractivity contribution < 1.29 is 4.52 Å². The van der Waals surface area contributed by atoms with Gasteiger partial charge in [0.1, 0.15) is 0 Å². The van der Waals surface area contributed by atoms with Crippen LogP contribution in [0.3, 0.4) is 0 Å². The molecule has 0 radical (unpaired) electrons. The van der Waals surface area contributed by atoms with Gasteiger partial charge in [-0.2, -0.15) is 0 Å². The minimum atomic E-state index is -0.290. The molecule has 0 atom stereocenters. The van der Waals surface area contributed by atoms with Crippen LogP contribution < -0.4 is 0 Å². The lowest BCUT2D eigenvalue weighted by molar-refractivity contribution is 0.355. The molecule has 0 saturated heterocycles. The summed E-state index contributed by atoms with van der Waals surface area (Å²) in [5.74, 6) is 6.26. The lowest BCUT2D eigenvalue weighted by Gasteiger charge is -2.24.